The number of hydrogen-bond acceptors (Lipinski definition) is 4. The largest absolute Gasteiger partial charge is 0.289 e. The van der Waals surface area contributed by atoms with Gasteiger partial charge < -0.3 is 0 Å². The minimum absolute atomic E-state index is 0.0528. The lowest BCUT2D eigenvalue weighted by molar-refractivity contribution is 0.277. The quantitative estimate of drug-likeness (QED) is 0.824. The molecule has 1 atom stereocenters. The van der Waals surface area contributed by atoms with Gasteiger partial charge in [-0.2, -0.15) is 5.01 Å². The van der Waals surface area contributed by atoms with Crippen LogP contribution in [0.25, 0.3) is 0 Å². The van der Waals surface area contributed by atoms with Crippen molar-refractivity contribution in [1.82, 2.24) is 10.3 Å². The van der Waals surface area contributed by atoms with Gasteiger partial charge >= 0.3 is 0 Å². The molecule has 3 rings (SSSR count). The van der Waals surface area contributed by atoms with Crippen molar-refractivity contribution < 1.29 is 0 Å². The molecule has 1 unspecified atom stereocenters. The van der Waals surface area contributed by atoms with Crippen LogP contribution in [0.1, 0.15) is 5.56 Å². The van der Waals surface area contributed by atoms with E-state index in [9.17, 15) is 0 Å². The Morgan fingerprint density at radius 3 is 2.43 bits per heavy atom. The summed E-state index contributed by atoms with van der Waals surface area (Å²) in [5.41, 5.74) is 2.12. The van der Waals surface area contributed by atoms with Crippen LogP contribution in [0.5, 0.6) is 0 Å². The second kappa shape index (κ2) is 6.46. The van der Waals surface area contributed by atoms with Crippen LogP contribution in [-0.4, -0.2) is 17.2 Å². The number of hydrogen-bond donors (Lipinski definition) is 2. The molecule has 110 valence electrons. The predicted octanol–water partition coefficient (Wildman–Crippen LogP) is 3.99. The molecule has 1 fully saturated rings. The van der Waals surface area contributed by atoms with Crippen molar-refractivity contribution in [3.63, 3.8) is 0 Å². The second-order valence-electron chi connectivity index (χ2n) is 4.85. The van der Waals surface area contributed by atoms with Crippen LogP contribution in [0.2, 0.25) is 10.0 Å². The summed E-state index contributed by atoms with van der Waals surface area (Å²) < 4.78 is 0. The van der Waals surface area contributed by atoms with Gasteiger partial charge in [0.05, 0.1) is 12.4 Å². The van der Waals surface area contributed by atoms with Crippen LogP contribution >= 0.6 is 35.8 Å². The molecule has 0 amide bonds. The zero-order valence-corrected chi connectivity index (χ0v) is 13.6. The molecule has 2 aromatic carbocycles. The zero-order chi connectivity index (χ0) is 14.8. The van der Waals surface area contributed by atoms with Crippen molar-refractivity contribution >= 4 is 41.5 Å². The van der Waals surface area contributed by atoms with Crippen LogP contribution in [0, 0.1) is 0 Å². The SMILES string of the molecule is SC1NCN(c2cc(Cl)cc(Cl)c2)N1Cc1ccccc1. The van der Waals surface area contributed by atoms with Crippen molar-refractivity contribution in [3.05, 3.63) is 64.1 Å². The first-order valence-corrected chi connectivity index (χ1v) is 7.86. The molecule has 0 spiro atoms. The van der Waals surface area contributed by atoms with E-state index in [1.54, 1.807) is 6.07 Å². The predicted molar refractivity (Wildman–Crippen MR) is 91.7 cm³/mol. The van der Waals surface area contributed by atoms with E-state index < -0.39 is 0 Å². The fourth-order valence-electron chi connectivity index (χ4n) is 2.37. The summed E-state index contributed by atoms with van der Waals surface area (Å²) in [5, 5.41) is 8.80. The summed E-state index contributed by atoms with van der Waals surface area (Å²) >= 11 is 16.8. The smallest absolute Gasteiger partial charge is 0.124 e. The molecule has 0 saturated carbocycles. The molecule has 1 aliphatic heterocycles. The van der Waals surface area contributed by atoms with Gasteiger partial charge in [-0.3, -0.25) is 10.3 Å². The molecule has 1 heterocycles. The van der Waals surface area contributed by atoms with E-state index in [1.165, 1.54) is 5.56 Å². The molecule has 6 heteroatoms. The topological polar surface area (TPSA) is 18.5 Å². The monoisotopic (exact) mass is 339 g/mol. The van der Waals surface area contributed by atoms with E-state index in [-0.39, 0.29) is 5.50 Å². The number of thiol groups is 1. The summed E-state index contributed by atoms with van der Waals surface area (Å²) in [5.74, 6) is 0. The van der Waals surface area contributed by atoms with Gasteiger partial charge in [0.2, 0.25) is 0 Å². The van der Waals surface area contributed by atoms with Crippen LogP contribution in [-0.2, 0) is 6.54 Å². The molecular weight excluding hydrogens is 325 g/mol. The minimum Gasteiger partial charge on any atom is -0.289 e. The Balaban J connectivity index is 1.86. The Morgan fingerprint density at radius 2 is 1.76 bits per heavy atom. The van der Waals surface area contributed by atoms with E-state index in [2.05, 4.69) is 40.1 Å². The van der Waals surface area contributed by atoms with Crippen molar-refractivity contribution in [2.45, 2.75) is 12.0 Å². The lowest BCUT2D eigenvalue weighted by Crippen LogP contribution is -2.39. The fraction of sp³-hybridized carbons (Fsp3) is 0.200. The maximum absolute atomic E-state index is 6.10. The molecule has 21 heavy (non-hydrogen) atoms. The maximum atomic E-state index is 6.10. The second-order valence-corrected chi connectivity index (χ2v) is 6.21. The lowest BCUT2D eigenvalue weighted by Gasteiger charge is -2.31. The minimum atomic E-state index is -0.0528. The highest BCUT2D eigenvalue weighted by molar-refractivity contribution is 7.80. The van der Waals surface area contributed by atoms with E-state index in [0.717, 1.165) is 12.2 Å². The van der Waals surface area contributed by atoms with Gasteiger partial charge in [0.15, 0.2) is 0 Å². The van der Waals surface area contributed by atoms with Gasteiger partial charge in [0.1, 0.15) is 5.50 Å². The Kier molecular flexibility index (Phi) is 4.62. The first kappa shape index (κ1) is 15.0. The van der Waals surface area contributed by atoms with Crippen LogP contribution in [0.4, 0.5) is 5.69 Å². The molecule has 0 radical (unpaired) electrons. The number of nitrogens with one attached hydrogen (secondary N) is 1. The highest BCUT2D eigenvalue weighted by atomic mass is 35.5. The van der Waals surface area contributed by atoms with Gasteiger partial charge in [-0.25, -0.2) is 0 Å². The van der Waals surface area contributed by atoms with Gasteiger partial charge in [0.25, 0.3) is 0 Å². The van der Waals surface area contributed by atoms with Gasteiger partial charge in [-0.05, 0) is 23.8 Å². The normalized spacial score (nSPS) is 19.2. The standard InChI is InChI=1S/C15H15Cl2N3S/c16-12-6-13(17)8-14(7-12)20-10-18-15(21)19(20)9-11-4-2-1-3-5-11/h1-8,15,18,21H,9-10H2. The Morgan fingerprint density at radius 1 is 1.10 bits per heavy atom. The summed E-state index contributed by atoms with van der Waals surface area (Å²) in [6, 6.07) is 15.8. The molecule has 1 aliphatic rings. The molecular formula is C15H15Cl2N3S. The number of hydrazine groups is 1. The third-order valence-electron chi connectivity index (χ3n) is 3.35. The molecule has 1 N–H and O–H groups in total. The Labute approximate surface area is 139 Å². The first-order valence-electron chi connectivity index (χ1n) is 6.59. The van der Waals surface area contributed by atoms with E-state index in [1.807, 2.05) is 30.3 Å². The maximum Gasteiger partial charge on any atom is 0.124 e. The third-order valence-corrected chi connectivity index (χ3v) is 4.23. The van der Waals surface area contributed by atoms with Crippen molar-refractivity contribution in [2.24, 2.45) is 0 Å². The fourth-order valence-corrected chi connectivity index (χ4v) is 3.17. The van der Waals surface area contributed by atoms with E-state index in [0.29, 0.717) is 16.7 Å². The van der Waals surface area contributed by atoms with Crippen molar-refractivity contribution in [1.29, 1.82) is 0 Å². The van der Waals surface area contributed by atoms with Gasteiger partial charge in [-0.15, -0.1) is 12.6 Å². The zero-order valence-electron chi connectivity index (χ0n) is 11.2. The molecule has 0 aliphatic carbocycles. The molecule has 0 aromatic heterocycles. The van der Waals surface area contributed by atoms with Crippen molar-refractivity contribution in [3.8, 4) is 0 Å². The van der Waals surface area contributed by atoms with Gasteiger partial charge in [0, 0.05) is 16.6 Å². The summed E-state index contributed by atoms with van der Waals surface area (Å²) in [7, 11) is 0. The molecule has 1 saturated heterocycles. The van der Waals surface area contributed by atoms with Crippen LogP contribution in [0.15, 0.2) is 48.5 Å². The number of benzene rings is 2. The van der Waals surface area contributed by atoms with E-state index in [4.69, 9.17) is 23.2 Å². The van der Waals surface area contributed by atoms with E-state index >= 15 is 0 Å². The number of halogens is 2. The first-order chi connectivity index (χ1) is 10.1. The summed E-state index contributed by atoms with van der Waals surface area (Å²) in [6.45, 7) is 1.42. The third kappa shape index (κ3) is 3.47. The van der Waals surface area contributed by atoms with Crippen LogP contribution in [0.3, 0.4) is 0 Å². The Hall–Kier alpha value is -0.910. The average Bonchev–Trinajstić information content (AvgIpc) is 2.80. The van der Waals surface area contributed by atoms with Crippen LogP contribution < -0.4 is 10.3 Å². The molecule has 0 bridgehead atoms. The molecule has 3 nitrogen and oxygen atoms in total. The molecule has 2 aromatic rings. The average molecular weight is 340 g/mol. The van der Waals surface area contributed by atoms with Gasteiger partial charge in [-0.1, -0.05) is 53.5 Å². The Bertz CT molecular complexity index is 603. The summed E-state index contributed by atoms with van der Waals surface area (Å²) in [6.07, 6.45) is 0. The number of nitrogens with zero attached hydrogens (tertiary/aromatic N) is 2. The van der Waals surface area contributed by atoms with Crippen molar-refractivity contribution in [2.75, 3.05) is 11.7 Å². The lowest BCUT2D eigenvalue weighted by atomic mass is 10.2. The highest BCUT2D eigenvalue weighted by Gasteiger charge is 2.29. The summed E-state index contributed by atoms with van der Waals surface area (Å²) in [4.78, 5) is 0. The number of rotatable bonds is 3. The highest BCUT2D eigenvalue weighted by Crippen LogP contribution is 2.29. The number of anilines is 1.